The molecule has 0 fully saturated rings. The van der Waals surface area contributed by atoms with Crippen molar-refractivity contribution in [1.82, 2.24) is 10.3 Å². The van der Waals surface area contributed by atoms with E-state index in [9.17, 15) is 4.79 Å². The van der Waals surface area contributed by atoms with Gasteiger partial charge in [-0.1, -0.05) is 6.92 Å². The van der Waals surface area contributed by atoms with Crippen molar-refractivity contribution >= 4 is 16.8 Å². The second-order valence-corrected chi connectivity index (χ2v) is 6.02. The fourth-order valence-electron chi connectivity index (χ4n) is 2.37. The third-order valence-corrected chi connectivity index (χ3v) is 4.12. The predicted octanol–water partition coefficient (Wildman–Crippen LogP) is 3.37. The van der Waals surface area contributed by atoms with E-state index < -0.39 is 5.41 Å². The molecule has 1 heterocycles. The summed E-state index contributed by atoms with van der Waals surface area (Å²) in [5, 5.41) is 4.09. The zero-order valence-electron chi connectivity index (χ0n) is 13.4. The Labute approximate surface area is 125 Å². The van der Waals surface area contributed by atoms with Gasteiger partial charge in [0.1, 0.15) is 5.75 Å². The minimum atomic E-state index is -0.603. The largest absolute Gasteiger partial charge is 0.497 e. The molecular weight excluding hydrogens is 264 g/mol. The van der Waals surface area contributed by atoms with Gasteiger partial charge in [0.25, 0.3) is 0 Å². The number of hydrogen-bond acceptors (Lipinski definition) is 2. The number of hydrogen-bond donors (Lipinski definition) is 2. The fraction of sp³-hybridized carbons (Fsp3) is 0.471. The zero-order chi connectivity index (χ0) is 15.6. The highest BCUT2D eigenvalue weighted by Gasteiger charge is 2.32. The number of aromatic nitrogens is 1. The number of methoxy groups -OCH3 is 1. The topological polar surface area (TPSA) is 54.1 Å². The Morgan fingerprint density at radius 3 is 2.76 bits per heavy atom. The molecule has 4 nitrogen and oxygen atoms in total. The molecule has 0 aliphatic carbocycles. The highest BCUT2D eigenvalue weighted by Crippen LogP contribution is 2.32. The zero-order valence-corrected chi connectivity index (χ0v) is 13.4. The van der Waals surface area contributed by atoms with E-state index in [1.807, 2.05) is 45.2 Å². The molecular formula is C17H24N2O2. The number of carbonyl (C=O) groups is 1. The molecule has 2 rings (SSSR count). The van der Waals surface area contributed by atoms with Crippen LogP contribution >= 0.6 is 0 Å². The molecule has 1 atom stereocenters. The number of H-pyrrole nitrogens is 1. The van der Waals surface area contributed by atoms with Crippen LogP contribution in [0.3, 0.4) is 0 Å². The molecule has 1 amide bonds. The fourth-order valence-corrected chi connectivity index (χ4v) is 2.37. The van der Waals surface area contributed by atoms with E-state index in [2.05, 4.69) is 17.2 Å². The molecule has 1 aromatic carbocycles. The van der Waals surface area contributed by atoms with Gasteiger partial charge >= 0.3 is 0 Å². The lowest BCUT2D eigenvalue weighted by atomic mass is 9.83. The van der Waals surface area contributed by atoms with Gasteiger partial charge in [0, 0.05) is 23.1 Å². The van der Waals surface area contributed by atoms with Crippen molar-refractivity contribution in [2.24, 2.45) is 0 Å². The first kappa shape index (κ1) is 15.4. The van der Waals surface area contributed by atoms with Gasteiger partial charge in [-0.25, -0.2) is 0 Å². The van der Waals surface area contributed by atoms with Gasteiger partial charge in [-0.2, -0.15) is 0 Å². The minimum absolute atomic E-state index is 0.0422. The van der Waals surface area contributed by atoms with Crippen molar-refractivity contribution < 1.29 is 9.53 Å². The SMILES string of the molecule is CCC(C)NC(=O)C(C)(C)c1c[nH]c2ccc(OC)cc12. The number of benzene rings is 1. The summed E-state index contributed by atoms with van der Waals surface area (Å²) in [5.41, 5.74) is 1.39. The summed E-state index contributed by atoms with van der Waals surface area (Å²) >= 11 is 0. The smallest absolute Gasteiger partial charge is 0.230 e. The molecule has 21 heavy (non-hydrogen) atoms. The Hall–Kier alpha value is -1.97. The molecule has 0 spiro atoms. The van der Waals surface area contributed by atoms with Crippen molar-refractivity contribution in [2.45, 2.75) is 45.6 Å². The summed E-state index contributed by atoms with van der Waals surface area (Å²) in [6.45, 7) is 7.99. The van der Waals surface area contributed by atoms with E-state index in [4.69, 9.17) is 4.74 Å². The second-order valence-electron chi connectivity index (χ2n) is 6.02. The van der Waals surface area contributed by atoms with E-state index >= 15 is 0 Å². The maximum Gasteiger partial charge on any atom is 0.230 e. The van der Waals surface area contributed by atoms with Crippen LogP contribution in [-0.2, 0) is 10.2 Å². The Morgan fingerprint density at radius 2 is 2.14 bits per heavy atom. The molecule has 0 bridgehead atoms. The van der Waals surface area contributed by atoms with Crippen molar-refractivity contribution in [3.63, 3.8) is 0 Å². The van der Waals surface area contributed by atoms with Crippen molar-refractivity contribution in [3.05, 3.63) is 30.0 Å². The van der Waals surface area contributed by atoms with Gasteiger partial charge in [-0.3, -0.25) is 4.79 Å². The first-order valence-electron chi connectivity index (χ1n) is 7.36. The predicted molar refractivity (Wildman–Crippen MR) is 85.8 cm³/mol. The van der Waals surface area contributed by atoms with E-state index in [1.54, 1.807) is 7.11 Å². The number of nitrogens with one attached hydrogen (secondary N) is 2. The Bertz CT molecular complexity index is 643. The van der Waals surface area contributed by atoms with Crippen LogP contribution in [-0.4, -0.2) is 24.0 Å². The van der Waals surface area contributed by atoms with E-state index in [1.165, 1.54) is 0 Å². The van der Waals surface area contributed by atoms with E-state index in [-0.39, 0.29) is 11.9 Å². The molecule has 0 radical (unpaired) electrons. The molecule has 2 aromatic rings. The van der Waals surface area contributed by atoms with Gasteiger partial charge in [-0.15, -0.1) is 0 Å². The first-order valence-corrected chi connectivity index (χ1v) is 7.36. The maximum atomic E-state index is 12.6. The summed E-state index contributed by atoms with van der Waals surface area (Å²) in [7, 11) is 1.65. The minimum Gasteiger partial charge on any atom is -0.497 e. The first-order chi connectivity index (χ1) is 9.90. The molecule has 114 valence electrons. The molecule has 1 unspecified atom stereocenters. The van der Waals surface area contributed by atoms with Crippen molar-refractivity contribution in [2.75, 3.05) is 7.11 Å². The lowest BCUT2D eigenvalue weighted by Crippen LogP contribution is -2.43. The molecule has 0 aliphatic rings. The van der Waals surface area contributed by atoms with Crippen molar-refractivity contribution in [1.29, 1.82) is 0 Å². The summed E-state index contributed by atoms with van der Waals surface area (Å²) in [4.78, 5) is 15.8. The Kier molecular flexibility index (Phi) is 4.26. The molecule has 0 aliphatic heterocycles. The van der Waals surface area contributed by atoms with Crippen LogP contribution in [0.2, 0.25) is 0 Å². The molecule has 0 saturated carbocycles. The summed E-state index contributed by atoms with van der Waals surface area (Å²) in [6, 6.07) is 6.03. The van der Waals surface area contributed by atoms with E-state index in [0.29, 0.717) is 0 Å². The number of rotatable bonds is 5. The molecule has 1 aromatic heterocycles. The van der Waals surface area contributed by atoms with Gasteiger partial charge in [0.15, 0.2) is 0 Å². The lowest BCUT2D eigenvalue weighted by Gasteiger charge is -2.25. The van der Waals surface area contributed by atoms with Crippen LogP contribution in [0.1, 0.15) is 39.7 Å². The van der Waals surface area contributed by atoms with Crippen molar-refractivity contribution in [3.8, 4) is 5.75 Å². The van der Waals surface area contributed by atoms with E-state index in [0.717, 1.165) is 28.6 Å². The van der Waals surface area contributed by atoms with Crippen LogP contribution < -0.4 is 10.1 Å². The average molecular weight is 288 g/mol. The highest BCUT2D eigenvalue weighted by atomic mass is 16.5. The lowest BCUT2D eigenvalue weighted by molar-refractivity contribution is -0.126. The van der Waals surface area contributed by atoms with Gasteiger partial charge in [-0.05, 0) is 51.0 Å². The van der Waals surface area contributed by atoms with Gasteiger partial charge in [0.05, 0.1) is 12.5 Å². The third kappa shape index (κ3) is 2.89. The highest BCUT2D eigenvalue weighted by molar-refractivity contribution is 5.95. The maximum absolute atomic E-state index is 12.6. The van der Waals surface area contributed by atoms with Crippen LogP contribution in [0.4, 0.5) is 0 Å². The normalized spacial score (nSPS) is 13.2. The number of fused-ring (bicyclic) bond motifs is 1. The quantitative estimate of drug-likeness (QED) is 0.886. The molecule has 4 heteroatoms. The summed E-state index contributed by atoms with van der Waals surface area (Å²) in [6.07, 6.45) is 2.84. The average Bonchev–Trinajstić information content (AvgIpc) is 2.90. The Morgan fingerprint density at radius 1 is 1.43 bits per heavy atom. The van der Waals surface area contributed by atoms with Crippen LogP contribution in [0.25, 0.3) is 10.9 Å². The van der Waals surface area contributed by atoms with Crippen LogP contribution in [0, 0.1) is 0 Å². The van der Waals surface area contributed by atoms with Gasteiger partial charge in [0.2, 0.25) is 5.91 Å². The monoisotopic (exact) mass is 288 g/mol. The second kappa shape index (κ2) is 5.80. The number of ether oxygens (including phenoxy) is 1. The number of aromatic amines is 1. The number of carbonyl (C=O) groups excluding carboxylic acids is 1. The standard InChI is InChI=1S/C17H24N2O2/c1-6-11(2)19-16(20)17(3,4)14-10-18-15-8-7-12(21-5)9-13(14)15/h7-11,18H,6H2,1-5H3,(H,19,20). The van der Waals surface area contributed by atoms with Crippen LogP contribution in [0.5, 0.6) is 5.75 Å². The summed E-state index contributed by atoms with van der Waals surface area (Å²) in [5.74, 6) is 0.835. The van der Waals surface area contributed by atoms with Crippen LogP contribution in [0.15, 0.2) is 24.4 Å². The molecule has 0 saturated heterocycles. The molecule has 2 N–H and O–H groups in total. The summed E-state index contributed by atoms with van der Waals surface area (Å²) < 4.78 is 5.29. The number of amides is 1. The van der Waals surface area contributed by atoms with Gasteiger partial charge < -0.3 is 15.0 Å². The third-order valence-electron chi connectivity index (χ3n) is 4.12. The Balaban J connectivity index is 2.41.